The minimum Gasteiger partial charge on any atom is -0.263 e. The third-order valence-corrected chi connectivity index (χ3v) is 5.99. The molecule has 1 saturated heterocycles. The molecule has 3 rings (SSSR count). The normalized spacial score (nSPS) is 55.9. The highest BCUT2D eigenvalue weighted by Gasteiger charge is 2.66. The minimum absolute atomic E-state index is 0.161. The van der Waals surface area contributed by atoms with Crippen LogP contribution in [0, 0.1) is 11.8 Å². The summed E-state index contributed by atoms with van der Waals surface area (Å²) in [5.41, 5.74) is -0.285. The lowest BCUT2D eigenvalue weighted by atomic mass is 9.82. The molecule has 3 aliphatic rings. The van der Waals surface area contributed by atoms with Gasteiger partial charge in [0.15, 0.2) is 0 Å². The second-order valence-electron chi connectivity index (χ2n) is 4.68. The van der Waals surface area contributed by atoms with Gasteiger partial charge in [0, 0.05) is 5.92 Å². The highest BCUT2D eigenvalue weighted by atomic mass is 32.2. The second kappa shape index (κ2) is 2.11. The summed E-state index contributed by atoms with van der Waals surface area (Å²) in [5.74, 6) is 0.930. The van der Waals surface area contributed by atoms with Crippen molar-refractivity contribution in [3.8, 4) is 0 Å². The Balaban J connectivity index is 2.13. The molecular weight excluding hydrogens is 188 g/mol. The number of hydrogen-bond donors (Lipinski definition) is 0. The fourth-order valence-corrected chi connectivity index (χ4v) is 5.80. The summed E-state index contributed by atoms with van der Waals surface area (Å²) in [6.07, 6.45) is 3.76. The SMILES string of the molecule is CCC12CC3CC1C(C3)S(=O)(=O)O2. The van der Waals surface area contributed by atoms with E-state index in [4.69, 9.17) is 4.18 Å². The van der Waals surface area contributed by atoms with Gasteiger partial charge < -0.3 is 0 Å². The molecule has 2 saturated carbocycles. The molecule has 4 heteroatoms. The van der Waals surface area contributed by atoms with Gasteiger partial charge in [-0.15, -0.1) is 0 Å². The Kier molecular flexibility index (Phi) is 1.34. The molecule has 3 fully saturated rings. The van der Waals surface area contributed by atoms with Gasteiger partial charge in [-0.05, 0) is 31.6 Å². The van der Waals surface area contributed by atoms with Crippen molar-refractivity contribution in [3.63, 3.8) is 0 Å². The summed E-state index contributed by atoms with van der Waals surface area (Å²) in [6.45, 7) is 2.04. The van der Waals surface area contributed by atoms with Crippen molar-refractivity contribution < 1.29 is 12.6 Å². The van der Waals surface area contributed by atoms with Gasteiger partial charge in [0.25, 0.3) is 10.1 Å². The lowest BCUT2D eigenvalue weighted by Gasteiger charge is -2.27. The molecule has 0 N–H and O–H groups in total. The van der Waals surface area contributed by atoms with E-state index in [2.05, 4.69) is 0 Å². The van der Waals surface area contributed by atoms with Crippen molar-refractivity contribution in [3.05, 3.63) is 0 Å². The van der Waals surface area contributed by atoms with Gasteiger partial charge in [0.05, 0.1) is 10.9 Å². The second-order valence-corrected chi connectivity index (χ2v) is 6.44. The van der Waals surface area contributed by atoms with E-state index in [-0.39, 0.29) is 10.9 Å². The van der Waals surface area contributed by atoms with Crippen LogP contribution >= 0.6 is 0 Å². The van der Waals surface area contributed by atoms with Gasteiger partial charge in [0.1, 0.15) is 0 Å². The van der Waals surface area contributed by atoms with Crippen molar-refractivity contribution in [1.82, 2.24) is 0 Å². The first-order valence-electron chi connectivity index (χ1n) is 5.02. The third-order valence-electron chi connectivity index (χ3n) is 4.16. The maximum Gasteiger partial charge on any atom is 0.271 e. The Morgan fingerprint density at radius 2 is 2.23 bits per heavy atom. The van der Waals surface area contributed by atoms with E-state index in [1.54, 1.807) is 0 Å². The molecule has 0 radical (unpaired) electrons. The maximum absolute atomic E-state index is 11.6. The standard InChI is InChI=1S/C9H14O3S/c1-2-9-5-6-3-7(9)8(4-6)13(10,11)12-9/h6-8H,2-5H2,1H3. The van der Waals surface area contributed by atoms with Crippen LogP contribution in [0.25, 0.3) is 0 Å². The van der Waals surface area contributed by atoms with E-state index < -0.39 is 10.1 Å². The first-order chi connectivity index (χ1) is 6.07. The smallest absolute Gasteiger partial charge is 0.263 e. The van der Waals surface area contributed by atoms with Crippen molar-refractivity contribution in [2.24, 2.45) is 11.8 Å². The Morgan fingerprint density at radius 1 is 1.46 bits per heavy atom. The van der Waals surface area contributed by atoms with Crippen LogP contribution in [0.15, 0.2) is 0 Å². The lowest BCUT2D eigenvalue weighted by Crippen LogP contribution is -2.34. The van der Waals surface area contributed by atoms with Gasteiger partial charge in [-0.1, -0.05) is 6.92 Å². The van der Waals surface area contributed by atoms with E-state index in [0.717, 1.165) is 25.7 Å². The number of rotatable bonds is 1. The van der Waals surface area contributed by atoms with Gasteiger partial charge in [-0.3, -0.25) is 4.18 Å². The van der Waals surface area contributed by atoms with Crippen molar-refractivity contribution in [2.75, 3.05) is 0 Å². The van der Waals surface area contributed by atoms with E-state index in [0.29, 0.717) is 11.8 Å². The van der Waals surface area contributed by atoms with Gasteiger partial charge >= 0.3 is 0 Å². The molecule has 0 amide bonds. The zero-order valence-electron chi connectivity index (χ0n) is 7.69. The van der Waals surface area contributed by atoms with E-state index in [1.165, 1.54) is 0 Å². The quantitative estimate of drug-likeness (QED) is 0.602. The summed E-state index contributed by atoms with van der Waals surface area (Å²) >= 11 is 0. The molecule has 3 nitrogen and oxygen atoms in total. The largest absolute Gasteiger partial charge is 0.271 e. The highest BCUT2D eigenvalue weighted by molar-refractivity contribution is 7.87. The summed E-state index contributed by atoms with van der Waals surface area (Å²) in [7, 11) is -3.20. The summed E-state index contributed by atoms with van der Waals surface area (Å²) in [6, 6.07) is 0. The van der Waals surface area contributed by atoms with Crippen LogP contribution in [-0.2, 0) is 14.3 Å². The molecule has 13 heavy (non-hydrogen) atoms. The zero-order chi connectivity index (χ0) is 9.27. The Labute approximate surface area is 78.6 Å². The van der Waals surface area contributed by atoms with Crippen LogP contribution in [0.3, 0.4) is 0 Å². The molecule has 0 aromatic carbocycles. The molecule has 1 heterocycles. The fraction of sp³-hybridized carbons (Fsp3) is 1.00. The highest BCUT2D eigenvalue weighted by Crippen LogP contribution is 2.61. The van der Waals surface area contributed by atoms with Crippen LogP contribution in [0.4, 0.5) is 0 Å². The van der Waals surface area contributed by atoms with E-state index in [1.807, 2.05) is 6.92 Å². The Hall–Kier alpha value is -0.0900. The van der Waals surface area contributed by atoms with E-state index >= 15 is 0 Å². The molecule has 2 aliphatic carbocycles. The molecule has 4 unspecified atom stereocenters. The molecule has 0 aromatic heterocycles. The Morgan fingerprint density at radius 3 is 2.77 bits per heavy atom. The van der Waals surface area contributed by atoms with Crippen molar-refractivity contribution in [1.29, 1.82) is 0 Å². The van der Waals surface area contributed by atoms with Gasteiger partial charge in [-0.25, -0.2) is 0 Å². The first kappa shape index (κ1) is 8.24. The van der Waals surface area contributed by atoms with Crippen LogP contribution in [-0.4, -0.2) is 19.3 Å². The topological polar surface area (TPSA) is 43.4 Å². The molecule has 74 valence electrons. The molecule has 1 aliphatic heterocycles. The third kappa shape index (κ3) is 0.814. The predicted molar refractivity (Wildman–Crippen MR) is 47.6 cm³/mol. The monoisotopic (exact) mass is 202 g/mol. The van der Waals surface area contributed by atoms with Crippen LogP contribution in [0.2, 0.25) is 0 Å². The molecule has 2 bridgehead atoms. The average molecular weight is 202 g/mol. The van der Waals surface area contributed by atoms with Crippen molar-refractivity contribution in [2.45, 2.75) is 43.5 Å². The average Bonchev–Trinajstić information content (AvgIpc) is 2.61. The molecule has 0 spiro atoms. The van der Waals surface area contributed by atoms with E-state index in [9.17, 15) is 8.42 Å². The van der Waals surface area contributed by atoms with Crippen molar-refractivity contribution >= 4 is 10.1 Å². The van der Waals surface area contributed by atoms with Crippen LogP contribution < -0.4 is 0 Å². The molecule has 4 atom stereocenters. The van der Waals surface area contributed by atoms with Gasteiger partial charge in [0.2, 0.25) is 0 Å². The fourth-order valence-electron chi connectivity index (χ4n) is 3.63. The van der Waals surface area contributed by atoms with Crippen LogP contribution in [0.5, 0.6) is 0 Å². The molecule has 0 aromatic rings. The number of fused-ring (bicyclic) bond motifs is 1. The Bertz CT molecular complexity index is 348. The zero-order valence-corrected chi connectivity index (χ0v) is 8.51. The summed E-state index contributed by atoms with van der Waals surface area (Å²) < 4.78 is 28.6. The van der Waals surface area contributed by atoms with Crippen LogP contribution in [0.1, 0.15) is 32.6 Å². The lowest BCUT2D eigenvalue weighted by molar-refractivity contribution is 0.0535. The minimum atomic E-state index is -3.20. The maximum atomic E-state index is 11.6. The number of hydrogen-bond acceptors (Lipinski definition) is 3. The van der Waals surface area contributed by atoms with Gasteiger partial charge in [-0.2, -0.15) is 8.42 Å². The summed E-state index contributed by atoms with van der Waals surface area (Å²) in [5, 5.41) is -0.161. The molecular formula is C9H14O3S. The first-order valence-corrected chi connectivity index (χ1v) is 6.49. The predicted octanol–water partition coefficient (Wildman–Crippen LogP) is 1.29. The summed E-state index contributed by atoms with van der Waals surface area (Å²) in [4.78, 5) is 0.